The van der Waals surface area contributed by atoms with E-state index in [-0.39, 0.29) is 0 Å². The fourth-order valence-electron chi connectivity index (χ4n) is 2.39. The number of hydrogen-bond acceptors (Lipinski definition) is 3. The molecule has 2 rings (SSSR count). The van der Waals surface area contributed by atoms with E-state index < -0.39 is 0 Å². The van der Waals surface area contributed by atoms with Gasteiger partial charge in [-0.1, -0.05) is 6.92 Å². The number of likely N-dealkylation sites (tertiary alicyclic amines) is 1. The van der Waals surface area contributed by atoms with Crippen molar-refractivity contribution in [1.29, 1.82) is 0 Å². The lowest BCUT2D eigenvalue weighted by Crippen LogP contribution is -2.43. The Morgan fingerprint density at radius 1 is 1.50 bits per heavy atom. The van der Waals surface area contributed by atoms with E-state index in [1.54, 1.807) is 11.3 Å². The van der Waals surface area contributed by atoms with Crippen LogP contribution in [0.4, 0.5) is 0 Å². The Morgan fingerprint density at radius 2 is 2.25 bits per heavy atom. The summed E-state index contributed by atoms with van der Waals surface area (Å²) < 4.78 is 0. The van der Waals surface area contributed by atoms with E-state index in [0.717, 1.165) is 0 Å². The molecular formula is C13H22N2S. The monoisotopic (exact) mass is 238 g/mol. The molecule has 1 aromatic heterocycles. The summed E-state index contributed by atoms with van der Waals surface area (Å²) >= 11 is 1.79. The molecule has 1 saturated heterocycles. The zero-order valence-corrected chi connectivity index (χ0v) is 11.1. The molecule has 1 aliphatic rings. The van der Waals surface area contributed by atoms with E-state index in [2.05, 4.69) is 40.9 Å². The van der Waals surface area contributed by atoms with E-state index in [1.165, 1.54) is 38.0 Å². The molecule has 1 aromatic rings. The van der Waals surface area contributed by atoms with Crippen LogP contribution in [0.15, 0.2) is 16.8 Å². The highest BCUT2D eigenvalue weighted by molar-refractivity contribution is 7.07. The second kappa shape index (κ2) is 5.80. The second-order valence-electron chi connectivity index (χ2n) is 4.65. The summed E-state index contributed by atoms with van der Waals surface area (Å²) in [6, 6.07) is 3.44. The first-order valence-electron chi connectivity index (χ1n) is 6.30. The minimum absolute atomic E-state index is 0.504. The van der Waals surface area contributed by atoms with Crippen LogP contribution in [0.2, 0.25) is 0 Å². The average molecular weight is 238 g/mol. The fraction of sp³-hybridized carbons (Fsp3) is 0.692. The summed E-state index contributed by atoms with van der Waals surface area (Å²) in [6.45, 7) is 8.23. The minimum Gasteiger partial charge on any atom is -0.307 e. The van der Waals surface area contributed by atoms with Crippen molar-refractivity contribution >= 4 is 11.3 Å². The summed E-state index contributed by atoms with van der Waals surface area (Å²) in [5.41, 5.74) is 1.43. The zero-order chi connectivity index (χ0) is 11.4. The van der Waals surface area contributed by atoms with Crippen molar-refractivity contribution in [2.75, 3.05) is 19.6 Å². The normalized spacial score (nSPS) is 21.1. The highest BCUT2D eigenvalue weighted by Crippen LogP contribution is 2.19. The molecule has 0 amide bonds. The van der Waals surface area contributed by atoms with Crippen molar-refractivity contribution < 1.29 is 0 Å². The van der Waals surface area contributed by atoms with Crippen molar-refractivity contribution in [3.8, 4) is 0 Å². The Morgan fingerprint density at radius 3 is 2.81 bits per heavy atom. The number of thiophene rings is 1. The van der Waals surface area contributed by atoms with Crippen molar-refractivity contribution in [1.82, 2.24) is 10.2 Å². The van der Waals surface area contributed by atoms with Crippen LogP contribution in [-0.4, -0.2) is 30.6 Å². The van der Waals surface area contributed by atoms with Gasteiger partial charge < -0.3 is 10.2 Å². The molecule has 2 nitrogen and oxygen atoms in total. The predicted molar refractivity (Wildman–Crippen MR) is 71.0 cm³/mol. The van der Waals surface area contributed by atoms with Gasteiger partial charge in [0.1, 0.15) is 0 Å². The van der Waals surface area contributed by atoms with Crippen LogP contribution in [0.1, 0.15) is 38.3 Å². The van der Waals surface area contributed by atoms with Gasteiger partial charge in [-0.15, -0.1) is 0 Å². The van der Waals surface area contributed by atoms with Crippen LogP contribution in [0.3, 0.4) is 0 Å². The third-order valence-electron chi connectivity index (χ3n) is 3.56. The van der Waals surface area contributed by atoms with Crippen LogP contribution >= 0.6 is 11.3 Å². The summed E-state index contributed by atoms with van der Waals surface area (Å²) in [6.07, 6.45) is 2.59. The Balaban J connectivity index is 1.78. The molecule has 0 spiro atoms. The minimum atomic E-state index is 0.504. The van der Waals surface area contributed by atoms with E-state index in [4.69, 9.17) is 0 Å². The largest absolute Gasteiger partial charge is 0.307 e. The van der Waals surface area contributed by atoms with Crippen molar-refractivity contribution in [3.05, 3.63) is 22.4 Å². The van der Waals surface area contributed by atoms with Gasteiger partial charge in [-0.2, -0.15) is 11.3 Å². The van der Waals surface area contributed by atoms with Gasteiger partial charge in [-0.25, -0.2) is 0 Å². The van der Waals surface area contributed by atoms with Crippen LogP contribution < -0.4 is 5.32 Å². The maximum Gasteiger partial charge on any atom is 0.0302 e. The molecule has 1 atom stereocenters. The highest BCUT2D eigenvalue weighted by atomic mass is 32.1. The molecule has 0 aliphatic carbocycles. The molecule has 90 valence electrons. The van der Waals surface area contributed by atoms with Crippen LogP contribution in [0.5, 0.6) is 0 Å². The first-order valence-corrected chi connectivity index (χ1v) is 7.24. The zero-order valence-electron chi connectivity index (χ0n) is 10.3. The summed E-state index contributed by atoms with van der Waals surface area (Å²) in [4.78, 5) is 2.54. The lowest BCUT2D eigenvalue weighted by Gasteiger charge is -2.33. The first-order chi connectivity index (χ1) is 7.79. The Labute approximate surface area is 103 Å². The average Bonchev–Trinajstić information content (AvgIpc) is 2.83. The standard InChI is InChI=1S/C13H22N2S/c1-3-15-7-4-13(5-8-15)14-11(2)12-6-9-16-10-12/h6,9-11,13-14H,3-5,7-8H2,1-2H3. The van der Waals surface area contributed by atoms with Gasteiger partial charge in [-0.05, 0) is 61.8 Å². The Kier molecular flexibility index (Phi) is 4.38. The van der Waals surface area contributed by atoms with Gasteiger partial charge in [-0.3, -0.25) is 0 Å². The van der Waals surface area contributed by atoms with Gasteiger partial charge >= 0.3 is 0 Å². The Hall–Kier alpha value is -0.380. The Bertz CT molecular complexity index is 289. The molecule has 0 bridgehead atoms. The quantitative estimate of drug-likeness (QED) is 0.867. The van der Waals surface area contributed by atoms with E-state index in [0.29, 0.717) is 12.1 Å². The summed E-state index contributed by atoms with van der Waals surface area (Å²) in [5, 5.41) is 8.15. The molecule has 1 aliphatic heterocycles. The maximum absolute atomic E-state index is 3.75. The molecule has 3 heteroatoms. The number of piperidine rings is 1. The molecule has 0 radical (unpaired) electrons. The molecular weight excluding hydrogens is 216 g/mol. The highest BCUT2D eigenvalue weighted by Gasteiger charge is 2.19. The summed E-state index contributed by atoms with van der Waals surface area (Å²) in [7, 11) is 0. The molecule has 0 saturated carbocycles. The number of rotatable bonds is 4. The predicted octanol–water partition coefficient (Wildman–Crippen LogP) is 2.88. The molecule has 16 heavy (non-hydrogen) atoms. The van der Waals surface area contributed by atoms with Crippen molar-refractivity contribution in [2.45, 2.75) is 38.8 Å². The van der Waals surface area contributed by atoms with Crippen molar-refractivity contribution in [3.63, 3.8) is 0 Å². The van der Waals surface area contributed by atoms with Gasteiger partial charge in [0.25, 0.3) is 0 Å². The van der Waals surface area contributed by atoms with Gasteiger partial charge in [0.05, 0.1) is 0 Å². The molecule has 1 unspecified atom stereocenters. The van der Waals surface area contributed by atoms with Gasteiger partial charge in [0, 0.05) is 12.1 Å². The second-order valence-corrected chi connectivity index (χ2v) is 5.43. The SMILES string of the molecule is CCN1CCC(NC(C)c2ccsc2)CC1. The number of nitrogens with one attached hydrogen (secondary N) is 1. The van der Waals surface area contributed by atoms with Crippen molar-refractivity contribution in [2.24, 2.45) is 0 Å². The van der Waals surface area contributed by atoms with E-state index >= 15 is 0 Å². The third-order valence-corrected chi connectivity index (χ3v) is 4.27. The van der Waals surface area contributed by atoms with E-state index in [1.807, 2.05) is 0 Å². The summed E-state index contributed by atoms with van der Waals surface area (Å²) in [5.74, 6) is 0. The third kappa shape index (κ3) is 3.06. The lowest BCUT2D eigenvalue weighted by atomic mass is 10.0. The topological polar surface area (TPSA) is 15.3 Å². The lowest BCUT2D eigenvalue weighted by molar-refractivity contribution is 0.200. The smallest absolute Gasteiger partial charge is 0.0302 e. The van der Waals surface area contributed by atoms with Crippen LogP contribution in [0, 0.1) is 0 Å². The molecule has 0 aromatic carbocycles. The van der Waals surface area contributed by atoms with Gasteiger partial charge in [0.15, 0.2) is 0 Å². The van der Waals surface area contributed by atoms with E-state index in [9.17, 15) is 0 Å². The first kappa shape index (κ1) is 12.1. The maximum atomic E-state index is 3.75. The fourth-order valence-corrected chi connectivity index (χ4v) is 3.14. The molecule has 1 fully saturated rings. The number of nitrogens with zero attached hydrogens (tertiary/aromatic N) is 1. The molecule has 1 N–H and O–H groups in total. The van der Waals surface area contributed by atoms with Crippen LogP contribution in [-0.2, 0) is 0 Å². The van der Waals surface area contributed by atoms with Crippen LogP contribution in [0.25, 0.3) is 0 Å². The molecule has 2 heterocycles. The number of hydrogen-bond donors (Lipinski definition) is 1. The van der Waals surface area contributed by atoms with Gasteiger partial charge in [0.2, 0.25) is 0 Å².